The van der Waals surface area contributed by atoms with Crippen LogP contribution < -0.4 is 4.84 Å². The summed E-state index contributed by atoms with van der Waals surface area (Å²) in [6.45, 7) is 5.16. The summed E-state index contributed by atoms with van der Waals surface area (Å²) >= 11 is 0. The van der Waals surface area contributed by atoms with Gasteiger partial charge in [0.1, 0.15) is 12.9 Å². The zero-order valence-corrected chi connectivity index (χ0v) is 7.40. The summed E-state index contributed by atoms with van der Waals surface area (Å²) in [4.78, 5) is 11.0. The van der Waals surface area contributed by atoms with Crippen LogP contribution in [0.25, 0.3) is 0 Å². The third-order valence-electron chi connectivity index (χ3n) is 2.32. The van der Waals surface area contributed by atoms with E-state index >= 15 is 0 Å². The average Bonchev–Trinajstić information content (AvgIpc) is 2.49. The molecular weight excluding hydrogens is 154 g/mol. The fraction of sp³-hybridized carbons (Fsp3) is 0.750. The highest BCUT2D eigenvalue weighted by Gasteiger charge is 2.26. The first-order valence-corrected chi connectivity index (χ1v) is 4.32. The van der Waals surface area contributed by atoms with E-state index in [4.69, 9.17) is 4.84 Å². The Labute approximate surface area is 71.5 Å². The summed E-state index contributed by atoms with van der Waals surface area (Å²) in [5, 5.41) is 3.97. The lowest BCUT2D eigenvalue weighted by Gasteiger charge is -2.24. The Bertz CT molecular complexity index is 269. The fourth-order valence-corrected chi connectivity index (χ4v) is 1.60. The van der Waals surface area contributed by atoms with E-state index < -0.39 is 0 Å². The van der Waals surface area contributed by atoms with Crippen LogP contribution >= 0.6 is 0 Å². The van der Waals surface area contributed by atoms with Gasteiger partial charge in [-0.15, -0.1) is 5.10 Å². The standard InChI is InChI=1S/C8H13N3O/c1-6(2)7-3-4-12-11-8(7)9-5-10-11/h5-7H,3-4H2,1-2H3. The first-order chi connectivity index (χ1) is 5.79. The van der Waals surface area contributed by atoms with Gasteiger partial charge in [0.2, 0.25) is 0 Å². The van der Waals surface area contributed by atoms with Gasteiger partial charge in [-0.05, 0) is 12.3 Å². The topological polar surface area (TPSA) is 39.9 Å². The van der Waals surface area contributed by atoms with Gasteiger partial charge < -0.3 is 4.84 Å². The molecule has 2 heterocycles. The molecule has 0 aliphatic carbocycles. The molecule has 1 aromatic rings. The van der Waals surface area contributed by atoms with Gasteiger partial charge >= 0.3 is 0 Å². The van der Waals surface area contributed by atoms with Gasteiger partial charge in [-0.3, -0.25) is 0 Å². The lowest BCUT2D eigenvalue weighted by molar-refractivity contribution is 0.0366. The molecule has 1 aromatic heterocycles. The van der Waals surface area contributed by atoms with Crippen LogP contribution in [0.3, 0.4) is 0 Å². The molecule has 0 N–H and O–H groups in total. The number of hydrogen-bond acceptors (Lipinski definition) is 3. The predicted octanol–water partition coefficient (Wildman–Crippen LogP) is 0.850. The minimum atomic E-state index is 0.501. The summed E-state index contributed by atoms with van der Waals surface area (Å²) in [6, 6.07) is 0. The zero-order chi connectivity index (χ0) is 8.55. The van der Waals surface area contributed by atoms with Crippen molar-refractivity contribution in [3.8, 4) is 0 Å². The molecule has 1 unspecified atom stereocenters. The maximum absolute atomic E-state index is 5.29. The quantitative estimate of drug-likeness (QED) is 0.622. The van der Waals surface area contributed by atoms with Crippen molar-refractivity contribution in [3.63, 3.8) is 0 Å². The molecule has 0 aromatic carbocycles. The van der Waals surface area contributed by atoms with Gasteiger partial charge in [0.15, 0.2) is 5.82 Å². The molecule has 4 nitrogen and oxygen atoms in total. The second-order valence-corrected chi connectivity index (χ2v) is 3.46. The normalized spacial score (nSPS) is 22.1. The van der Waals surface area contributed by atoms with E-state index in [9.17, 15) is 0 Å². The van der Waals surface area contributed by atoms with E-state index in [0.29, 0.717) is 11.8 Å². The number of nitrogens with zero attached hydrogens (tertiary/aromatic N) is 3. The highest BCUT2D eigenvalue weighted by molar-refractivity contribution is 4.97. The van der Waals surface area contributed by atoms with Crippen molar-refractivity contribution in [2.45, 2.75) is 26.2 Å². The van der Waals surface area contributed by atoms with Crippen LogP contribution in [0.1, 0.15) is 32.0 Å². The van der Waals surface area contributed by atoms with Crippen molar-refractivity contribution < 1.29 is 4.84 Å². The Morgan fingerprint density at radius 1 is 1.67 bits per heavy atom. The lowest BCUT2D eigenvalue weighted by Crippen LogP contribution is -2.28. The number of aromatic nitrogens is 3. The molecule has 66 valence electrons. The lowest BCUT2D eigenvalue weighted by atomic mass is 9.92. The molecule has 1 aliphatic rings. The third-order valence-corrected chi connectivity index (χ3v) is 2.32. The summed E-state index contributed by atoms with van der Waals surface area (Å²) < 4.78 is 0. The van der Waals surface area contributed by atoms with Crippen LogP contribution in [0, 0.1) is 5.92 Å². The molecule has 2 rings (SSSR count). The van der Waals surface area contributed by atoms with E-state index in [-0.39, 0.29) is 0 Å². The van der Waals surface area contributed by atoms with Crippen molar-refractivity contribution in [2.75, 3.05) is 6.61 Å². The van der Waals surface area contributed by atoms with Crippen LogP contribution in [-0.4, -0.2) is 21.5 Å². The number of fused-ring (bicyclic) bond motifs is 1. The largest absolute Gasteiger partial charge is 0.395 e. The predicted molar refractivity (Wildman–Crippen MR) is 43.7 cm³/mol. The monoisotopic (exact) mass is 167 g/mol. The van der Waals surface area contributed by atoms with Gasteiger partial charge in [0, 0.05) is 5.92 Å². The second-order valence-electron chi connectivity index (χ2n) is 3.46. The van der Waals surface area contributed by atoms with E-state index in [0.717, 1.165) is 18.9 Å². The fourth-order valence-electron chi connectivity index (χ4n) is 1.60. The Morgan fingerprint density at radius 2 is 2.50 bits per heavy atom. The van der Waals surface area contributed by atoms with Gasteiger partial charge in [-0.1, -0.05) is 18.7 Å². The Hall–Kier alpha value is -1.06. The molecule has 0 fully saturated rings. The smallest absolute Gasteiger partial charge is 0.171 e. The zero-order valence-electron chi connectivity index (χ0n) is 7.40. The molecule has 4 heteroatoms. The maximum atomic E-state index is 5.29. The second kappa shape index (κ2) is 2.77. The van der Waals surface area contributed by atoms with Crippen LogP contribution in [-0.2, 0) is 0 Å². The van der Waals surface area contributed by atoms with Gasteiger partial charge in [0.25, 0.3) is 0 Å². The molecule has 1 aliphatic heterocycles. The third kappa shape index (κ3) is 1.07. The highest BCUT2D eigenvalue weighted by Crippen LogP contribution is 2.27. The van der Waals surface area contributed by atoms with E-state index in [1.165, 1.54) is 0 Å². The molecule has 0 amide bonds. The molecule has 1 atom stereocenters. The Balaban J connectivity index is 2.31. The van der Waals surface area contributed by atoms with Crippen molar-refractivity contribution in [1.82, 2.24) is 14.9 Å². The molecule has 0 radical (unpaired) electrons. The molecule has 0 saturated carbocycles. The molecular formula is C8H13N3O. The Morgan fingerprint density at radius 3 is 3.25 bits per heavy atom. The molecule has 0 bridgehead atoms. The molecule has 12 heavy (non-hydrogen) atoms. The summed E-state index contributed by atoms with van der Waals surface area (Å²) in [5.74, 6) is 2.08. The Kier molecular flexibility index (Phi) is 1.75. The summed E-state index contributed by atoms with van der Waals surface area (Å²) in [5.41, 5.74) is 0. The first kappa shape index (κ1) is 7.58. The van der Waals surface area contributed by atoms with Gasteiger partial charge in [-0.2, -0.15) is 0 Å². The van der Waals surface area contributed by atoms with Crippen molar-refractivity contribution >= 4 is 0 Å². The van der Waals surface area contributed by atoms with Crippen LogP contribution in [0.4, 0.5) is 0 Å². The van der Waals surface area contributed by atoms with Gasteiger partial charge in [-0.25, -0.2) is 4.98 Å². The van der Waals surface area contributed by atoms with Crippen molar-refractivity contribution in [2.24, 2.45) is 5.92 Å². The van der Waals surface area contributed by atoms with Crippen molar-refractivity contribution in [3.05, 3.63) is 12.2 Å². The molecule has 0 spiro atoms. The van der Waals surface area contributed by atoms with E-state index in [1.807, 2.05) is 0 Å². The van der Waals surface area contributed by atoms with Crippen LogP contribution in [0.15, 0.2) is 6.33 Å². The van der Waals surface area contributed by atoms with Gasteiger partial charge in [0.05, 0.1) is 0 Å². The van der Waals surface area contributed by atoms with Crippen LogP contribution in [0.2, 0.25) is 0 Å². The maximum Gasteiger partial charge on any atom is 0.171 e. The minimum Gasteiger partial charge on any atom is -0.395 e. The first-order valence-electron chi connectivity index (χ1n) is 4.32. The van der Waals surface area contributed by atoms with E-state index in [1.54, 1.807) is 11.2 Å². The number of rotatable bonds is 1. The average molecular weight is 167 g/mol. The highest BCUT2D eigenvalue weighted by atomic mass is 16.7. The molecule has 0 saturated heterocycles. The number of hydrogen-bond donors (Lipinski definition) is 0. The minimum absolute atomic E-state index is 0.501. The van der Waals surface area contributed by atoms with E-state index in [2.05, 4.69) is 23.9 Å². The SMILES string of the molecule is CC(C)C1CCOn2ncnc21. The summed E-state index contributed by atoms with van der Waals surface area (Å²) in [7, 11) is 0. The summed E-state index contributed by atoms with van der Waals surface area (Å²) in [6.07, 6.45) is 2.60. The van der Waals surface area contributed by atoms with Crippen LogP contribution in [0.5, 0.6) is 0 Å². The van der Waals surface area contributed by atoms with Crippen molar-refractivity contribution in [1.29, 1.82) is 0 Å².